The molecule has 0 heterocycles. The van der Waals surface area contributed by atoms with Gasteiger partial charge in [0, 0.05) is 0 Å². The minimum absolute atomic E-state index is 0.314. The topological polar surface area (TPSA) is 0 Å². The van der Waals surface area contributed by atoms with Crippen molar-refractivity contribution in [3.05, 3.63) is 58.7 Å². The average molecular weight is 535 g/mol. The van der Waals surface area contributed by atoms with Crippen LogP contribution in [0.4, 0.5) is 0 Å². The van der Waals surface area contributed by atoms with Gasteiger partial charge < -0.3 is 0 Å². The molecule has 0 nitrogen and oxygen atoms in total. The van der Waals surface area contributed by atoms with Crippen LogP contribution in [0.1, 0.15) is 63.8 Å². The summed E-state index contributed by atoms with van der Waals surface area (Å²) in [6.45, 7) is 17.7. The summed E-state index contributed by atoms with van der Waals surface area (Å²) in [5.74, 6) is 4.46. The zero-order chi connectivity index (χ0) is 20.7. The Morgan fingerprint density at radius 3 is 1.12 bits per heavy atom. The average Bonchev–Trinajstić information content (AvgIpc) is 3.07. The molecule has 2 rings (SSSR count). The summed E-state index contributed by atoms with van der Waals surface area (Å²) in [7, 11) is 10.6. The van der Waals surface area contributed by atoms with E-state index in [1.165, 1.54) is 22.3 Å². The Hall–Kier alpha value is 0.706. The van der Waals surface area contributed by atoms with Crippen LogP contribution in [0.5, 0.6) is 0 Å². The van der Waals surface area contributed by atoms with Gasteiger partial charge in [-0.05, 0) is 0 Å². The van der Waals surface area contributed by atoms with Gasteiger partial charge in [0.1, 0.15) is 0 Å². The molecule has 0 unspecified atom stereocenters. The Kier molecular flexibility index (Phi) is 12.0. The van der Waals surface area contributed by atoms with Gasteiger partial charge in [-0.2, -0.15) is 46.5 Å². The van der Waals surface area contributed by atoms with E-state index in [2.05, 4.69) is 103 Å². The molecule has 0 atom stereocenters. The summed E-state index contributed by atoms with van der Waals surface area (Å²) in [5.41, 5.74) is 6.23. The molecule has 0 radical (unpaired) electrons. The number of halogens is 2. The van der Waals surface area contributed by atoms with Gasteiger partial charge in [0.15, 0.2) is 0 Å². The zero-order valence-corrected chi connectivity index (χ0v) is 24.3. The molecular weight excluding hydrogens is 499 g/mol. The van der Waals surface area contributed by atoms with Crippen LogP contribution in [0.15, 0.2) is 36.4 Å². The molecule has 0 aliphatic carbocycles. The number of hydrogen-bond acceptors (Lipinski definition) is 0. The number of rotatable bonds is 0. The molecule has 4 heteroatoms. The Morgan fingerprint density at radius 2 is 1.04 bits per heavy atom. The third kappa shape index (κ3) is 11.5. The predicted molar refractivity (Wildman–Crippen MR) is 120 cm³/mol. The van der Waals surface area contributed by atoms with Crippen LogP contribution in [-0.2, 0) is 27.1 Å². The molecule has 0 aliphatic heterocycles. The van der Waals surface area contributed by atoms with Gasteiger partial charge in [0.25, 0.3) is 0 Å². The molecule has 0 saturated heterocycles. The maximum absolute atomic E-state index is 5.65. The van der Waals surface area contributed by atoms with Crippen molar-refractivity contribution in [1.82, 2.24) is 0 Å². The first-order chi connectivity index (χ1) is 11.6. The molecule has 0 spiro atoms. The summed E-state index contributed by atoms with van der Waals surface area (Å²) < 4.78 is 0. The summed E-state index contributed by atoms with van der Waals surface area (Å²) in [5, 5.41) is 0. The molecular formula is C22H36Cl2GeZr-2. The fraction of sp³-hybridized carbons (Fsp3) is 0.545. The molecule has 0 fully saturated rings. The first kappa shape index (κ1) is 26.7. The quantitative estimate of drug-likeness (QED) is 0.236. The monoisotopic (exact) mass is 534 g/mol. The van der Waals surface area contributed by atoms with Crippen LogP contribution >= 0.6 is 17.0 Å². The fourth-order valence-electron chi connectivity index (χ4n) is 2.06. The first-order valence-corrected chi connectivity index (χ1v) is 27.1. The third-order valence-electron chi connectivity index (χ3n) is 3.93. The minimum atomic E-state index is -1.59. The molecule has 0 N–H and O–H groups in total. The van der Waals surface area contributed by atoms with E-state index in [0.717, 1.165) is 0 Å². The Labute approximate surface area is 178 Å². The zero-order valence-electron chi connectivity index (χ0n) is 18.2. The normalized spacial score (nSPS) is 11.1. The van der Waals surface area contributed by atoms with Crippen LogP contribution in [0.2, 0.25) is 11.5 Å². The van der Waals surface area contributed by atoms with Crippen LogP contribution in [-0.4, -0.2) is 9.98 Å². The van der Waals surface area contributed by atoms with Crippen molar-refractivity contribution in [3.8, 4) is 0 Å². The maximum atomic E-state index is 5.65. The van der Waals surface area contributed by atoms with Crippen LogP contribution in [0, 0.1) is 13.8 Å². The van der Waals surface area contributed by atoms with Gasteiger partial charge in [0.2, 0.25) is 0 Å². The van der Waals surface area contributed by atoms with E-state index in [9.17, 15) is 0 Å². The van der Waals surface area contributed by atoms with Gasteiger partial charge >= 0.3 is 54.8 Å². The number of hydrogen-bond donors (Lipinski definition) is 0. The SMILES string of the molecule is Cc1cc(C(C)(C)C)c[cH-]1.Cc1cc(C(C)(C)C)c[cH-]1.[CH3][Ge]([CH3])=[Zr]([Cl])[Cl]. The van der Waals surface area contributed by atoms with E-state index in [4.69, 9.17) is 17.0 Å². The van der Waals surface area contributed by atoms with Gasteiger partial charge in [-0.1, -0.05) is 66.2 Å². The second kappa shape index (κ2) is 11.6. The van der Waals surface area contributed by atoms with Gasteiger partial charge in [0.05, 0.1) is 0 Å². The van der Waals surface area contributed by atoms with E-state index < -0.39 is 26.2 Å². The van der Waals surface area contributed by atoms with Gasteiger partial charge in [-0.3, -0.25) is 0 Å². The van der Waals surface area contributed by atoms with E-state index >= 15 is 0 Å². The molecule has 2 aromatic rings. The van der Waals surface area contributed by atoms with Crippen LogP contribution in [0.25, 0.3) is 0 Å². The van der Waals surface area contributed by atoms with Crippen molar-refractivity contribution in [2.45, 2.75) is 77.7 Å². The molecule has 0 aliphatic rings. The third-order valence-corrected chi connectivity index (χ3v) is 38.4. The summed E-state index contributed by atoms with van der Waals surface area (Å²) in [6.07, 6.45) is 0. The number of aryl methyl sites for hydroxylation is 2. The van der Waals surface area contributed by atoms with Crippen molar-refractivity contribution in [1.29, 1.82) is 0 Å². The summed E-state index contributed by atoms with van der Waals surface area (Å²) >= 11 is -1.59. The van der Waals surface area contributed by atoms with Crippen molar-refractivity contribution in [2.24, 2.45) is 0 Å². The molecule has 0 amide bonds. The standard InChI is InChI=1S/2C10H15.C2H6Ge.2ClH.Zr/c2*1-8-5-6-9(7-8)10(2,3)4;1-3-2;;;/h2*5-7H,1-4H3;1-2H3;2*1H;/q2*-1;;;;+2/p-2. The summed E-state index contributed by atoms with van der Waals surface area (Å²) in [4.78, 5) is 0. The first-order valence-electron chi connectivity index (χ1n) is 9.10. The van der Waals surface area contributed by atoms with Crippen molar-refractivity contribution >= 4 is 27.0 Å². The Balaban J connectivity index is 0.000000375. The predicted octanol–water partition coefficient (Wildman–Crippen LogP) is 8.19. The van der Waals surface area contributed by atoms with Crippen molar-refractivity contribution in [3.63, 3.8) is 0 Å². The molecule has 26 heavy (non-hydrogen) atoms. The summed E-state index contributed by atoms with van der Waals surface area (Å²) in [6, 6.07) is 13.2. The van der Waals surface area contributed by atoms with Gasteiger partial charge in [-0.25, -0.2) is 12.1 Å². The Bertz CT molecular complexity index is 626. The molecule has 0 bridgehead atoms. The van der Waals surface area contributed by atoms with E-state index in [1.54, 1.807) is 0 Å². The molecule has 0 aromatic heterocycles. The van der Waals surface area contributed by atoms with Crippen molar-refractivity contribution < 1.29 is 16.2 Å². The second-order valence-corrected chi connectivity index (χ2v) is 47.1. The molecule has 148 valence electrons. The van der Waals surface area contributed by atoms with Crippen LogP contribution < -0.4 is 0 Å². The molecule has 0 saturated carbocycles. The van der Waals surface area contributed by atoms with E-state index in [0.29, 0.717) is 10.8 Å². The fourth-order valence-corrected chi connectivity index (χ4v) is 2.06. The van der Waals surface area contributed by atoms with Crippen molar-refractivity contribution in [2.75, 3.05) is 0 Å². The van der Waals surface area contributed by atoms with Gasteiger partial charge in [-0.15, -0.1) is 0 Å². The van der Waals surface area contributed by atoms with E-state index in [1.807, 2.05) is 0 Å². The second-order valence-electron chi connectivity index (χ2n) is 9.11. The Morgan fingerprint density at radius 1 is 0.769 bits per heavy atom. The van der Waals surface area contributed by atoms with E-state index in [-0.39, 0.29) is 0 Å². The van der Waals surface area contributed by atoms with Crippen LogP contribution in [0.3, 0.4) is 0 Å². The molecule has 2 aromatic carbocycles.